The molecule has 3 rings (SSSR count). The molecule has 29 heavy (non-hydrogen) atoms. The third-order valence-corrected chi connectivity index (χ3v) is 5.36. The molecule has 1 fully saturated rings. The molecule has 1 atom stereocenters. The van der Waals surface area contributed by atoms with Crippen molar-refractivity contribution >= 4 is 40.7 Å². The monoisotopic (exact) mass is 415 g/mol. The summed E-state index contributed by atoms with van der Waals surface area (Å²) in [6.45, 7) is 0.00947. The van der Waals surface area contributed by atoms with E-state index in [2.05, 4.69) is 10.6 Å². The lowest BCUT2D eigenvalue weighted by atomic mass is 10.2. The van der Waals surface area contributed by atoms with E-state index in [1.165, 1.54) is 29.4 Å². The van der Waals surface area contributed by atoms with Gasteiger partial charge >= 0.3 is 5.97 Å². The van der Waals surface area contributed by atoms with E-state index in [4.69, 9.17) is 4.74 Å². The number of rotatable bonds is 6. The second-order valence-electron chi connectivity index (χ2n) is 6.45. The zero-order valence-corrected chi connectivity index (χ0v) is 16.7. The van der Waals surface area contributed by atoms with Gasteiger partial charge < -0.3 is 20.3 Å². The second kappa shape index (κ2) is 9.33. The minimum atomic E-state index is -0.686. The minimum absolute atomic E-state index is 0.199. The first-order valence-electron chi connectivity index (χ1n) is 9.12. The van der Waals surface area contributed by atoms with E-state index in [1.54, 1.807) is 35.7 Å². The highest BCUT2D eigenvalue weighted by Gasteiger charge is 2.36. The van der Waals surface area contributed by atoms with Gasteiger partial charge in [-0.05, 0) is 42.5 Å². The van der Waals surface area contributed by atoms with Gasteiger partial charge in [0.05, 0.1) is 4.88 Å². The molecule has 8 nitrogen and oxygen atoms in total. The Morgan fingerprint density at radius 2 is 2.03 bits per heavy atom. The Bertz CT molecular complexity index is 913. The summed E-state index contributed by atoms with van der Waals surface area (Å²) in [6.07, 6.45) is 1.21. The maximum absolute atomic E-state index is 12.5. The van der Waals surface area contributed by atoms with E-state index in [0.717, 1.165) is 0 Å². The highest BCUT2D eigenvalue weighted by atomic mass is 32.1. The van der Waals surface area contributed by atoms with Crippen molar-refractivity contribution in [3.63, 3.8) is 0 Å². The lowest BCUT2D eigenvalue weighted by molar-refractivity contribution is -0.151. The van der Waals surface area contributed by atoms with Crippen LogP contribution in [0.1, 0.15) is 32.9 Å². The Balaban J connectivity index is 1.54. The highest BCUT2D eigenvalue weighted by molar-refractivity contribution is 7.12. The zero-order chi connectivity index (χ0) is 20.8. The van der Waals surface area contributed by atoms with Crippen molar-refractivity contribution in [1.82, 2.24) is 10.2 Å². The summed E-state index contributed by atoms with van der Waals surface area (Å²) in [4.78, 5) is 50.8. The van der Waals surface area contributed by atoms with Crippen molar-refractivity contribution in [1.29, 1.82) is 0 Å². The molecular weight excluding hydrogens is 394 g/mol. The predicted octanol–water partition coefficient (Wildman–Crippen LogP) is 1.89. The van der Waals surface area contributed by atoms with Crippen LogP contribution in [0.25, 0.3) is 0 Å². The number of ether oxygens (including phenoxy) is 1. The number of hydrogen-bond donors (Lipinski definition) is 2. The number of nitrogens with zero attached hydrogens (tertiary/aromatic N) is 1. The van der Waals surface area contributed by atoms with E-state index in [-0.39, 0.29) is 11.8 Å². The second-order valence-corrected chi connectivity index (χ2v) is 7.40. The van der Waals surface area contributed by atoms with Crippen molar-refractivity contribution in [2.24, 2.45) is 0 Å². The number of carbonyl (C=O) groups excluding carboxylic acids is 4. The van der Waals surface area contributed by atoms with Crippen LogP contribution >= 0.6 is 11.3 Å². The number of hydrogen-bond acceptors (Lipinski definition) is 6. The molecule has 1 aromatic carbocycles. The standard InChI is InChI=1S/C20H21N3O5S/c1-21-18(25)13-5-2-6-14(11-13)22-17(24)12-28-20(27)15-7-3-9-23(15)19(26)16-8-4-10-29-16/h2,4-6,8,10-11,15H,3,7,9,12H2,1H3,(H,21,25)(H,22,24)/t15-/m0/s1. The average Bonchev–Trinajstić information content (AvgIpc) is 3.43. The smallest absolute Gasteiger partial charge is 0.329 e. The molecular formula is C20H21N3O5S. The molecule has 0 spiro atoms. The van der Waals surface area contributed by atoms with Crippen LogP contribution < -0.4 is 10.6 Å². The van der Waals surface area contributed by atoms with E-state index >= 15 is 0 Å². The van der Waals surface area contributed by atoms with Crippen molar-refractivity contribution in [2.75, 3.05) is 25.5 Å². The van der Waals surface area contributed by atoms with Crippen molar-refractivity contribution in [3.05, 3.63) is 52.2 Å². The van der Waals surface area contributed by atoms with Gasteiger partial charge in [-0.1, -0.05) is 12.1 Å². The normalized spacial score (nSPS) is 15.6. The van der Waals surface area contributed by atoms with Crippen LogP contribution in [0.5, 0.6) is 0 Å². The first-order chi connectivity index (χ1) is 14.0. The van der Waals surface area contributed by atoms with Crippen molar-refractivity contribution in [2.45, 2.75) is 18.9 Å². The summed E-state index contributed by atoms with van der Waals surface area (Å²) in [5, 5.41) is 6.90. The summed E-state index contributed by atoms with van der Waals surface area (Å²) in [5.41, 5.74) is 0.818. The van der Waals surface area contributed by atoms with Crippen molar-refractivity contribution < 1.29 is 23.9 Å². The third kappa shape index (κ3) is 5.00. The maximum Gasteiger partial charge on any atom is 0.329 e. The number of likely N-dealkylation sites (tertiary alicyclic amines) is 1. The van der Waals surface area contributed by atoms with Crippen LogP contribution in [0.3, 0.4) is 0 Å². The van der Waals surface area contributed by atoms with Gasteiger partial charge in [0.2, 0.25) is 0 Å². The van der Waals surface area contributed by atoms with Crippen LogP contribution in [0.15, 0.2) is 41.8 Å². The Morgan fingerprint density at radius 3 is 2.76 bits per heavy atom. The fourth-order valence-corrected chi connectivity index (χ4v) is 3.79. The molecule has 1 aliphatic rings. The van der Waals surface area contributed by atoms with Crippen LogP contribution in [0, 0.1) is 0 Å². The molecule has 1 aromatic heterocycles. The molecule has 1 aliphatic heterocycles. The summed E-state index contributed by atoms with van der Waals surface area (Å²) >= 11 is 1.32. The number of carbonyl (C=O) groups is 4. The fourth-order valence-electron chi connectivity index (χ4n) is 3.11. The zero-order valence-electron chi connectivity index (χ0n) is 15.8. The van der Waals surface area contributed by atoms with Gasteiger partial charge in [-0.15, -0.1) is 11.3 Å². The summed E-state index contributed by atoms with van der Waals surface area (Å²) in [7, 11) is 1.52. The summed E-state index contributed by atoms with van der Waals surface area (Å²) < 4.78 is 5.14. The lowest BCUT2D eigenvalue weighted by Crippen LogP contribution is -2.41. The van der Waals surface area contributed by atoms with Gasteiger partial charge in [0, 0.05) is 24.8 Å². The van der Waals surface area contributed by atoms with Crippen molar-refractivity contribution in [3.8, 4) is 0 Å². The molecule has 9 heteroatoms. The first-order valence-corrected chi connectivity index (χ1v) is 10.0. The minimum Gasteiger partial charge on any atom is -0.454 e. The Hall–Kier alpha value is -3.20. The molecule has 0 unspecified atom stereocenters. The van der Waals surface area contributed by atoms with E-state index < -0.39 is 24.5 Å². The molecule has 1 saturated heterocycles. The largest absolute Gasteiger partial charge is 0.454 e. The van der Waals surface area contributed by atoms with Crippen LogP contribution in [-0.4, -0.2) is 54.8 Å². The van der Waals surface area contributed by atoms with E-state index in [1.807, 2.05) is 0 Å². The molecule has 2 aromatic rings. The van der Waals surface area contributed by atoms with Gasteiger partial charge in [0.1, 0.15) is 6.04 Å². The molecule has 0 radical (unpaired) electrons. The average molecular weight is 415 g/mol. The SMILES string of the molecule is CNC(=O)c1cccc(NC(=O)COC(=O)[C@@H]2CCCN2C(=O)c2cccs2)c1. The number of nitrogens with one attached hydrogen (secondary N) is 2. The molecule has 0 saturated carbocycles. The fraction of sp³-hybridized carbons (Fsp3) is 0.300. The number of anilines is 1. The third-order valence-electron chi connectivity index (χ3n) is 4.50. The van der Waals surface area contributed by atoms with Crippen LogP contribution in [0.2, 0.25) is 0 Å². The topological polar surface area (TPSA) is 105 Å². The Morgan fingerprint density at radius 1 is 1.21 bits per heavy atom. The Labute approximate surface area is 171 Å². The molecule has 0 bridgehead atoms. The number of benzene rings is 1. The van der Waals surface area contributed by atoms with E-state index in [9.17, 15) is 19.2 Å². The van der Waals surface area contributed by atoms with Gasteiger partial charge in [0.25, 0.3) is 17.7 Å². The number of thiophene rings is 1. The lowest BCUT2D eigenvalue weighted by Gasteiger charge is -2.22. The predicted molar refractivity (Wildman–Crippen MR) is 108 cm³/mol. The molecule has 0 aliphatic carbocycles. The van der Waals surface area contributed by atoms with Crippen LogP contribution in [0.4, 0.5) is 5.69 Å². The van der Waals surface area contributed by atoms with Gasteiger partial charge in [0.15, 0.2) is 6.61 Å². The molecule has 152 valence electrons. The van der Waals surface area contributed by atoms with E-state index in [0.29, 0.717) is 35.5 Å². The summed E-state index contributed by atoms with van der Waals surface area (Å²) in [5.74, 6) is -1.60. The molecule has 2 heterocycles. The number of amides is 3. The maximum atomic E-state index is 12.5. The highest BCUT2D eigenvalue weighted by Crippen LogP contribution is 2.23. The Kier molecular flexibility index (Phi) is 6.61. The van der Waals surface area contributed by atoms with Gasteiger partial charge in [-0.2, -0.15) is 0 Å². The van der Waals surface area contributed by atoms with Crippen LogP contribution in [-0.2, 0) is 14.3 Å². The molecule has 3 amide bonds. The van der Waals surface area contributed by atoms with Gasteiger partial charge in [-0.25, -0.2) is 4.79 Å². The quantitative estimate of drug-likeness (QED) is 0.701. The summed E-state index contributed by atoms with van der Waals surface area (Å²) in [6, 6.07) is 9.22. The first kappa shape index (κ1) is 20.5. The number of esters is 1. The van der Waals surface area contributed by atoms with Gasteiger partial charge in [-0.3, -0.25) is 14.4 Å². The molecule has 2 N–H and O–H groups in total.